The zero-order valence-electron chi connectivity index (χ0n) is 15.9. The lowest BCUT2D eigenvalue weighted by Gasteiger charge is -2.59. The average molecular weight is 358 g/mol. The first-order chi connectivity index (χ1) is 12.2. The Kier molecular flexibility index (Phi) is 4.00. The molecule has 0 radical (unpaired) electrons. The standard InChI is InChI=1S/C22H30O4/c1-12(20(25)26)16-6-7-17-15-5-4-13-10-14(23)8-9-21(13,2)18(15)11-19(24)22(16,17)3/h8-10,12,15-19,24H,4-7,11H2,1-3H3,(H,25,26)/t12-,15-,16+,17-,18-,19?,21-,22+/m0/s1. The Morgan fingerprint density at radius 1 is 1.23 bits per heavy atom. The van der Waals surface area contributed by atoms with Gasteiger partial charge in [-0.3, -0.25) is 9.59 Å². The van der Waals surface area contributed by atoms with E-state index in [9.17, 15) is 19.8 Å². The molecule has 3 saturated carbocycles. The Bertz CT molecular complexity index is 707. The molecular weight excluding hydrogens is 328 g/mol. The second-order valence-electron chi connectivity index (χ2n) is 9.53. The summed E-state index contributed by atoms with van der Waals surface area (Å²) in [7, 11) is 0. The highest BCUT2D eigenvalue weighted by atomic mass is 16.4. The van der Waals surface area contributed by atoms with E-state index in [2.05, 4.69) is 19.9 Å². The molecule has 0 saturated heterocycles. The molecule has 3 fully saturated rings. The molecule has 0 aliphatic heterocycles. The van der Waals surface area contributed by atoms with Crippen molar-refractivity contribution in [2.24, 2.45) is 40.4 Å². The van der Waals surface area contributed by atoms with E-state index in [1.807, 2.05) is 0 Å². The molecule has 1 unspecified atom stereocenters. The molecule has 0 aromatic carbocycles. The van der Waals surface area contributed by atoms with Crippen LogP contribution in [0.15, 0.2) is 23.8 Å². The van der Waals surface area contributed by atoms with Crippen LogP contribution >= 0.6 is 0 Å². The van der Waals surface area contributed by atoms with Gasteiger partial charge in [0.15, 0.2) is 5.78 Å². The molecule has 0 heterocycles. The summed E-state index contributed by atoms with van der Waals surface area (Å²) in [5.74, 6) is 0.141. The van der Waals surface area contributed by atoms with Crippen LogP contribution in [-0.4, -0.2) is 28.1 Å². The summed E-state index contributed by atoms with van der Waals surface area (Å²) in [4.78, 5) is 23.5. The number of carbonyl (C=O) groups excluding carboxylic acids is 1. The van der Waals surface area contributed by atoms with Gasteiger partial charge in [0.2, 0.25) is 0 Å². The number of carboxylic acid groups (broad SMARTS) is 1. The van der Waals surface area contributed by atoms with Crippen LogP contribution in [0.3, 0.4) is 0 Å². The highest BCUT2D eigenvalue weighted by Gasteiger charge is 2.63. The molecular formula is C22H30O4. The lowest BCUT2D eigenvalue weighted by molar-refractivity contribution is -0.155. The molecule has 0 bridgehead atoms. The smallest absolute Gasteiger partial charge is 0.306 e. The zero-order valence-corrected chi connectivity index (χ0v) is 15.9. The fourth-order valence-corrected chi connectivity index (χ4v) is 7.19. The summed E-state index contributed by atoms with van der Waals surface area (Å²) in [5.41, 5.74) is 0.760. The molecule has 142 valence electrons. The van der Waals surface area contributed by atoms with E-state index in [0.29, 0.717) is 24.2 Å². The maximum Gasteiger partial charge on any atom is 0.306 e. The van der Waals surface area contributed by atoms with Gasteiger partial charge in [-0.2, -0.15) is 0 Å². The first-order valence-electron chi connectivity index (χ1n) is 10.0. The minimum Gasteiger partial charge on any atom is -0.481 e. The summed E-state index contributed by atoms with van der Waals surface area (Å²) in [6.07, 6.45) is 9.68. The van der Waals surface area contributed by atoms with Crippen LogP contribution in [0, 0.1) is 40.4 Å². The minimum atomic E-state index is -0.749. The largest absolute Gasteiger partial charge is 0.481 e. The van der Waals surface area contributed by atoms with Gasteiger partial charge >= 0.3 is 5.97 Å². The highest BCUT2D eigenvalue weighted by molar-refractivity contribution is 6.01. The monoisotopic (exact) mass is 358 g/mol. The van der Waals surface area contributed by atoms with Crippen LogP contribution in [-0.2, 0) is 9.59 Å². The van der Waals surface area contributed by atoms with Gasteiger partial charge in [-0.15, -0.1) is 0 Å². The van der Waals surface area contributed by atoms with Gasteiger partial charge in [0.05, 0.1) is 12.0 Å². The third kappa shape index (κ3) is 2.24. The van der Waals surface area contributed by atoms with Crippen LogP contribution in [0.25, 0.3) is 0 Å². The number of allylic oxidation sites excluding steroid dienone is 4. The number of hydrogen-bond donors (Lipinski definition) is 2. The van der Waals surface area contributed by atoms with Gasteiger partial charge in [0.1, 0.15) is 0 Å². The Morgan fingerprint density at radius 2 is 1.96 bits per heavy atom. The van der Waals surface area contributed by atoms with Gasteiger partial charge in [-0.1, -0.05) is 32.4 Å². The number of rotatable bonds is 2. The molecule has 26 heavy (non-hydrogen) atoms. The molecule has 0 aromatic rings. The van der Waals surface area contributed by atoms with E-state index in [1.54, 1.807) is 19.1 Å². The van der Waals surface area contributed by atoms with E-state index in [4.69, 9.17) is 0 Å². The third-order valence-electron chi connectivity index (χ3n) is 8.73. The Labute approximate surface area is 155 Å². The van der Waals surface area contributed by atoms with Gasteiger partial charge in [-0.05, 0) is 67.9 Å². The molecule has 2 N–H and O–H groups in total. The molecule has 0 spiro atoms. The van der Waals surface area contributed by atoms with Crippen molar-refractivity contribution in [3.05, 3.63) is 23.8 Å². The van der Waals surface area contributed by atoms with E-state index in [0.717, 1.165) is 25.7 Å². The normalized spacial score (nSPS) is 48.2. The maximum absolute atomic E-state index is 11.8. The Hall–Kier alpha value is -1.42. The van der Waals surface area contributed by atoms with E-state index >= 15 is 0 Å². The molecule has 0 amide bonds. The first-order valence-corrected chi connectivity index (χ1v) is 10.0. The van der Waals surface area contributed by atoms with Crippen molar-refractivity contribution in [3.63, 3.8) is 0 Å². The summed E-state index contributed by atoms with van der Waals surface area (Å²) in [6, 6.07) is 0. The van der Waals surface area contributed by atoms with Crippen LogP contribution < -0.4 is 0 Å². The number of carbonyl (C=O) groups is 2. The predicted molar refractivity (Wildman–Crippen MR) is 98.3 cm³/mol. The van der Waals surface area contributed by atoms with Crippen molar-refractivity contribution in [2.45, 2.75) is 59.0 Å². The van der Waals surface area contributed by atoms with Crippen LogP contribution in [0.2, 0.25) is 0 Å². The maximum atomic E-state index is 11.8. The van der Waals surface area contributed by atoms with Gasteiger partial charge < -0.3 is 10.2 Å². The quantitative estimate of drug-likeness (QED) is 0.791. The van der Waals surface area contributed by atoms with Gasteiger partial charge in [0, 0.05) is 10.8 Å². The highest BCUT2D eigenvalue weighted by Crippen LogP contribution is 2.66. The van der Waals surface area contributed by atoms with Crippen molar-refractivity contribution >= 4 is 11.8 Å². The number of aliphatic hydroxyl groups excluding tert-OH is 1. The first kappa shape index (κ1) is 18.0. The number of aliphatic carboxylic acids is 1. The fourth-order valence-electron chi connectivity index (χ4n) is 7.19. The number of ketones is 1. The lowest BCUT2D eigenvalue weighted by atomic mass is 9.46. The van der Waals surface area contributed by atoms with E-state index < -0.39 is 18.0 Å². The average Bonchev–Trinajstić information content (AvgIpc) is 2.94. The fraction of sp³-hybridized carbons (Fsp3) is 0.727. The molecule has 0 aromatic heterocycles. The summed E-state index contributed by atoms with van der Waals surface area (Å²) < 4.78 is 0. The summed E-state index contributed by atoms with van der Waals surface area (Å²) >= 11 is 0. The van der Waals surface area contributed by atoms with Gasteiger partial charge in [0.25, 0.3) is 0 Å². The number of carboxylic acids is 1. The predicted octanol–water partition coefficient (Wildman–Crippen LogP) is 3.60. The van der Waals surface area contributed by atoms with Crippen molar-refractivity contribution in [2.75, 3.05) is 0 Å². The molecule has 4 rings (SSSR count). The molecule has 4 heteroatoms. The van der Waals surface area contributed by atoms with Crippen LogP contribution in [0.1, 0.15) is 52.9 Å². The third-order valence-corrected chi connectivity index (χ3v) is 8.73. The number of aliphatic hydroxyl groups is 1. The number of fused-ring (bicyclic) bond motifs is 5. The number of hydrogen-bond acceptors (Lipinski definition) is 3. The summed E-state index contributed by atoms with van der Waals surface area (Å²) in [5, 5.41) is 20.8. The van der Waals surface area contributed by atoms with E-state index in [1.165, 1.54) is 5.57 Å². The van der Waals surface area contributed by atoms with Crippen LogP contribution in [0.5, 0.6) is 0 Å². The van der Waals surface area contributed by atoms with Crippen molar-refractivity contribution in [1.82, 2.24) is 0 Å². The molecule has 4 nitrogen and oxygen atoms in total. The lowest BCUT2D eigenvalue weighted by Crippen LogP contribution is -2.56. The second-order valence-corrected chi connectivity index (χ2v) is 9.53. The minimum absolute atomic E-state index is 0.0363. The van der Waals surface area contributed by atoms with Crippen molar-refractivity contribution < 1.29 is 19.8 Å². The Balaban J connectivity index is 1.70. The van der Waals surface area contributed by atoms with Gasteiger partial charge in [-0.25, -0.2) is 0 Å². The van der Waals surface area contributed by atoms with Crippen LogP contribution in [0.4, 0.5) is 0 Å². The SMILES string of the molecule is C[C@H](C(=O)O)[C@H]1CC[C@H]2[C@@H]3CCC4=CC(=O)C=C[C@]4(C)[C@H]3CC(O)[C@]12C. The van der Waals surface area contributed by atoms with E-state index in [-0.39, 0.29) is 22.5 Å². The topological polar surface area (TPSA) is 74.6 Å². The molecule has 4 aliphatic rings. The Morgan fingerprint density at radius 3 is 2.65 bits per heavy atom. The second kappa shape index (κ2) is 5.79. The zero-order chi connectivity index (χ0) is 18.9. The molecule has 8 atom stereocenters. The molecule has 4 aliphatic carbocycles. The summed E-state index contributed by atoms with van der Waals surface area (Å²) in [6.45, 7) is 6.17. The van der Waals surface area contributed by atoms with Crippen molar-refractivity contribution in [3.8, 4) is 0 Å². The van der Waals surface area contributed by atoms with Crippen molar-refractivity contribution in [1.29, 1.82) is 0 Å².